The Kier molecular flexibility index (Phi) is 3.22. The fourth-order valence-corrected chi connectivity index (χ4v) is 1.54. The van der Waals surface area contributed by atoms with E-state index in [1.807, 2.05) is 0 Å². The average molecular weight is 170 g/mol. The van der Waals surface area contributed by atoms with Crippen molar-refractivity contribution in [2.45, 2.75) is 25.3 Å². The van der Waals surface area contributed by atoms with Crippen molar-refractivity contribution in [2.75, 3.05) is 13.1 Å². The summed E-state index contributed by atoms with van der Waals surface area (Å²) < 4.78 is 0. The molecular weight excluding hydrogens is 158 g/mol. The molecule has 1 atom stereocenters. The average Bonchev–Trinajstić information content (AvgIpc) is 2.05. The van der Waals surface area contributed by atoms with Gasteiger partial charge < -0.3 is 5.11 Å². The SMILES string of the molecule is O=[C]CN1CCCC[C@H]1C(=O)O. The van der Waals surface area contributed by atoms with Crippen LogP contribution in [0.15, 0.2) is 0 Å². The van der Waals surface area contributed by atoms with E-state index in [-0.39, 0.29) is 6.54 Å². The summed E-state index contributed by atoms with van der Waals surface area (Å²) in [5.74, 6) is -0.829. The van der Waals surface area contributed by atoms with Gasteiger partial charge in [0.25, 0.3) is 0 Å². The molecule has 1 aliphatic rings. The molecule has 1 heterocycles. The van der Waals surface area contributed by atoms with E-state index < -0.39 is 12.0 Å². The second-order valence-corrected chi connectivity index (χ2v) is 2.96. The van der Waals surface area contributed by atoms with Gasteiger partial charge in [-0.2, -0.15) is 0 Å². The lowest BCUT2D eigenvalue weighted by molar-refractivity contribution is -0.144. The molecule has 1 rings (SSSR count). The van der Waals surface area contributed by atoms with E-state index in [0.717, 1.165) is 12.8 Å². The van der Waals surface area contributed by atoms with Crippen molar-refractivity contribution in [3.8, 4) is 0 Å². The van der Waals surface area contributed by atoms with Crippen LogP contribution in [0, 0.1) is 0 Å². The zero-order valence-corrected chi connectivity index (χ0v) is 6.82. The van der Waals surface area contributed by atoms with Crippen LogP contribution in [0.1, 0.15) is 19.3 Å². The molecule has 0 aromatic rings. The Hall–Kier alpha value is -0.900. The normalized spacial score (nSPS) is 25.2. The number of aliphatic carboxylic acids is 1. The van der Waals surface area contributed by atoms with Crippen LogP contribution in [-0.2, 0) is 9.59 Å². The van der Waals surface area contributed by atoms with Crippen LogP contribution in [0.25, 0.3) is 0 Å². The van der Waals surface area contributed by atoms with E-state index in [1.165, 1.54) is 0 Å². The number of carbonyl (C=O) groups is 1. The molecule has 0 aromatic heterocycles. The Balaban J connectivity index is 2.53. The van der Waals surface area contributed by atoms with Crippen LogP contribution in [0.5, 0.6) is 0 Å². The molecule has 0 unspecified atom stereocenters. The maximum absolute atomic E-state index is 10.7. The lowest BCUT2D eigenvalue weighted by Crippen LogP contribution is -2.45. The number of carboxylic acids is 1. The van der Waals surface area contributed by atoms with Gasteiger partial charge in [0.15, 0.2) is 0 Å². The topological polar surface area (TPSA) is 57.6 Å². The van der Waals surface area contributed by atoms with Crippen molar-refractivity contribution in [2.24, 2.45) is 0 Å². The van der Waals surface area contributed by atoms with E-state index in [9.17, 15) is 9.59 Å². The molecule has 4 nitrogen and oxygen atoms in total. The van der Waals surface area contributed by atoms with Gasteiger partial charge in [0.05, 0.1) is 6.54 Å². The highest BCUT2D eigenvalue weighted by molar-refractivity contribution is 5.74. The quantitative estimate of drug-likeness (QED) is 0.649. The van der Waals surface area contributed by atoms with Crippen molar-refractivity contribution in [3.05, 3.63) is 0 Å². The van der Waals surface area contributed by atoms with Crippen molar-refractivity contribution >= 4 is 12.3 Å². The van der Waals surface area contributed by atoms with Gasteiger partial charge in [-0.25, -0.2) is 0 Å². The monoisotopic (exact) mass is 170 g/mol. The van der Waals surface area contributed by atoms with Crippen LogP contribution in [0.3, 0.4) is 0 Å². The minimum Gasteiger partial charge on any atom is -0.480 e. The summed E-state index contributed by atoms with van der Waals surface area (Å²) >= 11 is 0. The highest BCUT2D eigenvalue weighted by Crippen LogP contribution is 2.15. The van der Waals surface area contributed by atoms with Crippen LogP contribution < -0.4 is 0 Å². The number of hydrogen-bond donors (Lipinski definition) is 1. The standard InChI is InChI=1S/C8H12NO3/c10-6-5-9-4-2-1-3-7(9)8(11)12/h7H,1-5H2,(H,11,12)/t7-/m0/s1. The third-order valence-corrected chi connectivity index (χ3v) is 2.17. The maximum atomic E-state index is 10.7. The molecule has 0 amide bonds. The van der Waals surface area contributed by atoms with Crippen LogP contribution in [0.4, 0.5) is 0 Å². The first-order valence-electron chi connectivity index (χ1n) is 4.07. The highest BCUT2D eigenvalue weighted by atomic mass is 16.4. The molecule has 0 saturated carbocycles. The zero-order valence-electron chi connectivity index (χ0n) is 6.82. The highest BCUT2D eigenvalue weighted by Gasteiger charge is 2.27. The molecular formula is C8H12NO3. The maximum Gasteiger partial charge on any atom is 0.320 e. The van der Waals surface area contributed by atoms with E-state index in [0.29, 0.717) is 13.0 Å². The number of carbonyl (C=O) groups excluding carboxylic acids is 1. The molecule has 1 aliphatic heterocycles. The second-order valence-electron chi connectivity index (χ2n) is 2.96. The van der Waals surface area contributed by atoms with E-state index in [2.05, 4.69) is 0 Å². The third-order valence-electron chi connectivity index (χ3n) is 2.17. The van der Waals surface area contributed by atoms with Crippen LogP contribution >= 0.6 is 0 Å². The number of likely N-dealkylation sites (tertiary alicyclic amines) is 1. The van der Waals surface area contributed by atoms with Gasteiger partial charge in [-0.1, -0.05) is 6.42 Å². The summed E-state index contributed by atoms with van der Waals surface area (Å²) in [6, 6.07) is -0.472. The molecule has 4 heteroatoms. The van der Waals surface area contributed by atoms with Gasteiger partial charge in [0.1, 0.15) is 6.04 Å². The van der Waals surface area contributed by atoms with Crippen molar-refractivity contribution < 1.29 is 14.7 Å². The Labute approximate surface area is 71.2 Å². The Morgan fingerprint density at radius 1 is 1.58 bits per heavy atom. The van der Waals surface area contributed by atoms with Crippen LogP contribution in [0.2, 0.25) is 0 Å². The summed E-state index contributed by atoms with van der Waals surface area (Å²) in [5.41, 5.74) is 0. The first kappa shape index (κ1) is 9.19. The molecule has 1 fully saturated rings. The summed E-state index contributed by atoms with van der Waals surface area (Å²) in [4.78, 5) is 22.4. The van der Waals surface area contributed by atoms with Gasteiger partial charge >= 0.3 is 5.97 Å². The lowest BCUT2D eigenvalue weighted by atomic mass is 10.0. The predicted octanol–water partition coefficient (Wildman–Crippen LogP) is 0.0352. The van der Waals surface area contributed by atoms with E-state index >= 15 is 0 Å². The molecule has 0 bridgehead atoms. The minimum absolute atomic E-state index is 0.122. The van der Waals surface area contributed by atoms with Gasteiger partial charge in [0.2, 0.25) is 6.29 Å². The van der Waals surface area contributed by atoms with Crippen molar-refractivity contribution in [1.29, 1.82) is 0 Å². The summed E-state index contributed by atoms with van der Waals surface area (Å²) in [6.45, 7) is 0.823. The van der Waals surface area contributed by atoms with Crippen LogP contribution in [-0.4, -0.2) is 41.4 Å². The first-order valence-corrected chi connectivity index (χ1v) is 4.07. The summed E-state index contributed by atoms with van der Waals surface area (Å²) in [5, 5.41) is 8.76. The molecule has 0 spiro atoms. The largest absolute Gasteiger partial charge is 0.480 e. The van der Waals surface area contributed by atoms with Crippen molar-refractivity contribution in [1.82, 2.24) is 4.90 Å². The summed E-state index contributed by atoms with van der Waals surface area (Å²) in [7, 11) is 0. The van der Waals surface area contributed by atoms with Gasteiger partial charge in [-0.05, 0) is 19.4 Å². The number of nitrogens with zero attached hydrogens (tertiary/aromatic N) is 1. The molecule has 1 N–H and O–H groups in total. The molecule has 12 heavy (non-hydrogen) atoms. The smallest absolute Gasteiger partial charge is 0.320 e. The predicted molar refractivity (Wildman–Crippen MR) is 42.5 cm³/mol. The Bertz CT molecular complexity index is 181. The van der Waals surface area contributed by atoms with Crippen molar-refractivity contribution in [3.63, 3.8) is 0 Å². The minimum atomic E-state index is -0.829. The third kappa shape index (κ3) is 2.04. The molecule has 1 radical (unpaired) electrons. The Morgan fingerprint density at radius 3 is 2.92 bits per heavy atom. The molecule has 1 saturated heterocycles. The van der Waals surface area contributed by atoms with E-state index in [4.69, 9.17) is 5.11 Å². The first-order chi connectivity index (χ1) is 5.75. The summed E-state index contributed by atoms with van der Waals surface area (Å²) in [6.07, 6.45) is 4.30. The Morgan fingerprint density at radius 2 is 2.33 bits per heavy atom. The zero-order chi connectivity index (χ0) is 8.97. The number of hydrogen-bond acceptors (Lipinski definition) is 3. The second kappa shape index (κ2) is 4.21. The fourth-order valence-electron chi connectivity index (χ4n) is 1.54. The van der Waals surface area contributed by atoms with Gasteiger partial charge in [-0.15, -0.1) is 0 Å². The molecule has 0 aliphatic carbocycles. The number of carboxylic acid groups (broad SMARTS) is 1. The number of rotatable bonds is 3. The lowest BCUT2D eigenvalue weighted by Gasteiger charge is -2.30. The molecule has 67 valence electrons. The van der Waals surface area contributed by atoms with Gasteiger partial charge in [-0.3, -0.25) is 14.5 Å². The number of piperidine rings is 1. The fraction of sp³-hybridized carbons (Fsp3) is 0.750. The van der Waals surface area contributed by atoms with Gasteiger partial charge in [0, 0.05) is 0 Å². The molecule has 0 aromatic carbocycles. The van der Waals surface area contributed by atoms with E-state index in [1.54, 1.807) is 11.2 Å².